The third-order valence-corrected chi connectivity index (χ3v) is 3.54. The lowest BCUT2D eigenvalue weighted by Gasteiger charge is -2.42. The SMILES string of the molecule is CCC1CN(CC=C(C)C)C(C(C)C)CN1. The monoisotopic (exact) mass is 224 g/mol. The van der Waals surface area contributed by atoms with Crippen LogP contribution in [0.4, 0.5) is 0 Å². The molecule has 2 atom stereocenters. The first-order valence-corrected chi connectivity index (χ1v) is 6.65. The van der Waals surface area contributed by atoms with Crippen LogP contribution < -0.4 is 5.32 Å². The molecule has 0 bridgehead atoms. The van der Waals surface area contributed by atoms with Crippen LogP contribution in [0.15, 0.2) is 11.6 Å². The quantitative estimate of drug-likeness (QED) is 0.739. The smallest absolute Gasteiger partial charge is 0.0247 e. The third kappa shape index (κ3) is 3.91. The van der Waals surface area contributed by atoms with Crippen molar-refractivity contribution in [2.75, 3.05) is 19.6 Å². The molecule has 0 aromatic carbocycles. The molecule has 1 aliphatic heterocycles. The molecule has 2 unspecified atom stereocenters. The van der Waals surface area contributed by atoms with Crippen molar-refractivity contribution < 1.29 is 0 Å². The van der Waals surface area contributed by atoms with E-state index in [4.69, 9.17) is 0 Å². The molecule has 1 heterocycles. The average molecular weight is 224 g/mol. The van der Waals surface area contributed by atoms with E-state index in [1.54, 1.807) is 0 Å². The molecule has 1 fully saturated rings. The van der Waals surface area contributed by atoms with Crippen molar-refractivity contribution >= 4 is 0 Å². The van der Waals surface area contributed by atoms with Gasteiger partial charge in [-0.05, 0) is 26.2 Å². The Morgan fingerprint density at radius 2 is 2.12 bits per heavy atom. The highest BCUT2D eigenvalue weighted by molar-refractivity contribution is 4.98. The highest BCUT2D eigenvalue weighted by Crippen LogP contribution is 2.16. The van der Waals surface area contributed by atoms with Gasteiger partial charge in [-0.2, -0.15) is 0 Å². The Balaban J connectivity index is 2.60. The molecule has 0 radical (unpaired) electrons. The molecule has 0 amide bonds. The van der Waals surface area contributed by atoms with Crippen molar-refractivity contribution in [3.05, 3.63) is 11.6 Å². The number of hydrogen-bond donors (Lipinski definition) is 1. The standard InChI is InChI=1S/C14H28N2/c1-6-13-10-16(8-7-11(2)3)14(9-15-13)12(4)5/h7,12-15H,6,8-10H2,1-5H3. The van der Waals surface area contributed by atoms with Crippen molar-refractivity contribution in [3.8, 4) is 0 Å². The average Bonchev–Trinajstić information content (AvgIpc) is 2.25. The van der Waals surface area contributed by atoms with Gasteiger partial charge in [0.2, 0.25) is 0 Å². The molecule has 16 heavy (non-hydrogen) atoms. The number of piperazine rings is 1. The number of allylic oxidation sites excluding steroid dienone is 1. The van der Waals surface area contributed by atoms with Crippen molar-refractivity contribution in [3.63, 3.8) is 0 Å². The van der Waals surface area contributed by atoms with E-state index in [9.17, 15) is 0 Å². The fourth-order valence-electron chi connectivity index (χ4n) is 2.34. The molecule has 2 heteroatoms. The van der Waals surface area contributed by atoms with Crippen LogP contribution in [-0.2, 0) is 0 Å². The maximum atomic E-state index is 3.66. The normalized spacial score (nSPS) is 27.1. The van der Waals surface area contributed by atoms with Crippen LogP contribution in [0.5, 0.6) is 0 Å². The van der Waals surface area contributed by atoms with Crippen LogP contribution in [0.1, 0.15) is 41.0 Å². The number of nitrogens with zero attached hydrogens (tertiary/aromatic N) is 1. The molecule has 0 saturated carbocycles. The van der Waals surface area contributed by atoms with Gasteiger partial charge in [0, 0.05) is 31.7 Å². The van der Waals surface area contributed by atoms with Gasteiger partial charge in [-0.3, -0.25) is 4.90 Å². The molecule has 2 nitrogen and oxygen atoms in total. The minimum Gasteiger partial charge on any atom is -0.311 e. The Kier molecular flexibility index (Phi) is 5.50. The molecule has 1 N–H and O–H groups in total. The molecular weight excluding hydrogens is 196 g/mol. The van der Waals surface area contributed by atoms with Crippen LogP contribution in [0.25, 0.3) is 0 Å². The summed E-state index contributed by atoms with van der Waals surface area (Å²) in [5, 5.41) is 3.66. The lowest BCUT2D eigenvalue weighted by atomic mass is 9.97. The molecule has 1 saturated heterocycles. The first kappa shape index (κ1) is 13.7. The third-order valence-electron chi connectivity index (χ3n) is 3.54. The lowest BCUT2D eigenvalue weighted by molar-refractivity contribution is 0.110. The zero-order valence-corrected chi connectivity index (χ0v) is 11.6. The molecule has 0 aromatic heterocycles. The van der Waals surface area contributed by atoms with E-state index < -0.39 is 0 Å². The maximum Gasteiger partial charge on any atom is 0.0247 e. The molecule has 0 aliphatic carbocycles. The van der Waals surface area contributed by atoms with Crippen molar-refractivity contribution in [2.24, 2.45) is 5.92 Å². The van der Waals surface area contributed by atoms with Crippen LogP contribution in [0, 0.1) is 5.92 Å². The van der Waals surface area contributed by atoms with E-state index in [1.165, 1.54) is 18.5 Å². The maximum absolute atomic E-state index is 3.66. The fraction of sp³-hybridized carbons (Fsp3) is 0.857. The molecule has 0 spiro atoms. The molecule has 94 valence electrons. The van der Waals surface area contributed by atoms with E-state index in [-0.39, 0.29) is 0 Å². The van der Waals surface area contributed by atoms with E-state index in [0.717, 1.165) is 19.0 Å². The van der Waals surface area contributed by atoms with Gasteiger partial charge in [0.05, 0.1) is 0 Å². The zero-order chi connectivity index (χ0) is 12.1. The summed E-state index contributed by atoms with van der Waals surface area (Å²) in [6.45, 7) is 14.8. The Morgan fingerprint density at radius 3 is 2.62 bits per heavy atom. The Hall–Kier alpha value is -0.340. The predicted molar refractivity (Wildman–Crippen MR) is 71.7 cm³/mol. The predicted octanol–water partition coefficient (Wildman–Crippen LogP) is 2.66. The first-order chi connectivity index (χ1) is 7.54. The summed E-state index contributed by atoms with van der Waals surface area (Å²) in [7, 11) is 0. The summed E-state index contributed by atoms with van der Waals surface area (Å²) in [6, 6.07) is 1.37. The van der Waals surface area contributed by atoms with Gasteiger partial charge in [-0.1, -0.05) is 32.4 Å². The summed E-state index contributed by atoms with van der Waals surface area (Å²) in [5.74, 6) is 0.732. The Morgan fingerprint density at radius 1 is 1.44 bits per heavy atom. The highest BCUT2D eigenvalue weighted by atomic mass is 15.2. The van der Waals surface area contributed by atoms with Crippen LogP contribution >= 0.6 is 0 Å². The van der Waals surface area contributed by atoms with E-state index in [2.05, 4.69) is 50.9 Å². The Bertz CT molecular complexity index is 229. The lowest BCUT2D eigenvalue weighted by Crippen LogP contribution is -2.57. The summed E-state index contributed by atoms with van der Waals surface area (Å²) in [4.78, 5) is 2.64. The van der Waals surface area contributed by atoms with Crippen LogP contribution in [0.3, 0.4) is 0 Å². The summed E-state index contributed by atoms with van der Waals surface area (Å²) < 4.78 is 0. The van der Waals surface area contributed by atoms with Gasteiger partial charge in [0.15, 0.2) is 0 Å². The van der Waals surface area contributed by atoms with Gasteiger partial charge < -0.3 is 5.32 Å². The minimum absolute atomic E-state index is 0.681. The molecular formula is C14H28N2. The summed E-state index contributed by atoms with van der Waals surface area (Å²) in [5.41, 5.74) is 1.43. The van der Waals surface area contributed by atoms with Crippen LogP contribution in [-0.4, -0.2) is 36.6 Å². The summed E-state index contributed by atoms with van der Waals surface area (Å²) >= 11 is 0. The summed E-state index contributed by atoms with van der Waals surface area (Å²) in [6.07, 6.45) is 3.59. The van der Waals surface area contributed by atoms with Gasteiger partial charge in [0.25, 0.3) is 0 Å². The van der Waals surface area contributed by atoms with Gasteiger partial charge >= 0.3 is 0 Å². The van der Waals surface area contributed by atoms with Crippen molar-refractivity contribution in [1.82, 2.24) is 10.2 Å². The first-order valence-electron chi connectivity index (χ1n) is 6.65. The largest absolute Gasteiger partial charge is 0.311 e. The van der Waals surface area contributed by atoms with Gasteiger partial charge in [0.1, 0.15) is 0 Å². The number of nitrogens with one attached hydrogen (secondary N) is 1. The Labute approximate surface area is 101 Å². The van der Waals surface area contributed by atoms with Gasteiger partial charge in [-0.25, -0.2) is 0 Å². The topological polar surface area (TPSA) is 15.3 Å². The van der Waals surface area contributed by atoms with Crippen molar-refractivity contribution in [1.29, 1.82) is 0 Å². The number of hydrogen-bond acceptors (Lipinski definition) is 2. The second kappa shape index (κ2) is 6.41. The fourth-order valence-corrected chi connectivity index (χ4v) is 2.34. The van der Waals surface area contributed by atoms with E-state index in [1.807, 2.05) is 0 Å². The highest BCUT2D eigenvalue weighted by Gasteiger charge is 2.27. The number of rotatable bonds is 4. The zero-order valence-electron chi connectivity index (χ0n) is 11.6. The van der Waals surface area contributed by atoms with Crippen molar-refractivity contribution in [2.45, 2.75) is 53.1 Å². The molecule has 1 aliphatic rings. The molecule has 1 rings (SSSR count). The van der Waals surface area contributed by atoms with Crippen LogP contribution in [0.2, 0.25) is 0 Å². The van der Waals surface area contributed by atoms with Gasteiger partial charge in [-0.15, -0.1) is 0 Å². The van der Waals surface area contributed by atoms with E-state index in [0.29, 0.717) is 12.1 Å². The second-order valence-electron chi connectivity index (χ2n) is 5.56. The minimum atomic E-state index is 0.681. The molecule has 0 aromatic rings. The van der Waals surface area contributed by atoms with E-state index >= 15 is 0 Å². The second-order valence-corrected chi connectivity index (χ2v) is 5.56.